The molecule has 1 aromatic rings. The van der Waals surface area contributed by atoms with E-state index in [1.54, 1.807) is 0 Å². The third-order valence-corrected chi connectivity index (χ3v) is 3.66. The largest absolute Gasteiger partial charge is 0.311 e. The zero-order valence-corrected chi connectivity index (χ0v) is 11.5. The van der Waals surface area contributed by atoms with E-state index >= 15 is 0 Å². The molecule has 0 amide bonds. The summed E-state index contributed by atoms with van der Waals surface area (Å²) >= 11 is 5.88. The molecule has 17 heavy (non-hydrogen) atoms. The summed E-state index contributed by atoms with van der Waals surface area (Å²) < 4.78 is 0. The molecule has 0 spiro atoms. The Morgan fingerprint density at radius 3 is 2.41 bits per heavy atom. The second kappa shape index (κ2) is 5.88. The summed E-state index contributed by atoms with van der Waals surface area (Å²) in [4.78, 5) is 0. The van der Waals surface area contributed by atoms with Gasteiger partial charge in [-0.1, -0.05) is 36.6 Å². The van der Waals surface area contributed by atoms with Crippen LogP contribution in [0.5, 0.6) is 0 Å². The van der Waals surface area contributed by atoms with E-state index in [9.17, 15) is 0 Å². The van der Waals surface area contributed by atoms with E-state index in [1.165, 1.54) is 24.8 Å². The summed E-state index contributed by atoms with van der Waals surface area (Å²) in [7, 11) is 0. The van der Waals surface area contributed by atoms with Gasteiger partial charge in [-0.3, -0.25) is 0 Å². The summed E-state index contributed by atoms with van der Waals surface area (Å²) in [5.41, 5.74) is 1.35. The molecule has 1 aromatic carbocycles. The van der Waals surface area contributed by atoms with E-state index < -0.39 is 0 Å². The minimum atomic E-state index is 0.532. The first-order valence-electron chi connectivity index (χ1n) is 6.64. The normalized spacial score (nSPS) is 19.0. The zero-order chi connectivity index (χ0) is 12.3. The Balaban J connectivity index is 1.75. The molecule has 1 fully saturated rings. The maximum absolute atomic E-state index is 5.88. The molecule has 0 saturated heterocycles. The van der Waals surface area contributed by atoms with Crippen LogP contribution in [0.25, 0.3) is 0 Å². The van der Waals surface area contributed by atoms with E-state index in [2.05, 4.69) is 31.3 Å². The van der Waals surface area contributed by atoms with Crippen LogP contribution < -0.4 is 5.32 Å². The molecular weight excluding hydrogens is 230 g/mol. The monoisotopic (exact) mass is 251 g/mol. The van der Waals surface area contributed by atoms with Crippen molar-refractivity contribution in [2.75, 3.05) is 0 Å². The number of benzene rings is 1. The van der Waals surface area contributed by atoms with Crippen LogP contribution in [0.4, 0.5) is 0 Å². The van der Waals surface area contributed by atoms with Crippen molar-refractivity contribution < 1.29 is 0 Å². The molecule has 0 aromatic heterocycles. The molecule has 0 radical (unpaired) electrons. The van der Waals surface area contributed by atoms with E-state index in [0.29, 0.717) is 12.1 Å². The lowest BCUT2D eigenvalue weighted by Gasteiger charge is -2.20. The second-order valence-electron chi connectivity index (χ2n) is 5.48. The number of hydrogen-bond acceptors (Lipinski definition) is 1. The average Bonchev–Trinajstić information content (AvgIpc) is 3.05. The van der Waals surface area contributed by atoms with Crippen molar-refractivity contribution in [2.45, 2.75) is 51.6 Å². The fourth-order valence-corrected chi connectivity index (χ4v) is 2.57. The summed E-state index contributed by atoms with van der Waals surface area (Å²) in [5.74, 6) is 1.00. The molecule has 1 saturated carbocycles. The summed E-state index contributed by atoms with van der Waals surface area (Å²) in [6.45, 7) is 4.56. The Kier molecular flexibility index (Phi) is 4.47. The lowest BCUT2D eigenvalue weighted by Crippen LogP contribution is -2.36. The van der Waals surface area contributed by atoms with Gasteiger partial charge in [0.15, 0.2) is 0 Å². The predicted octanol–water partition coefficient (Wildman–Crippen LogP) is 4.05. The van der Waals surface area contributed by atoms with Crippen molar-refractivity contribution in [3.63, 3.8) is 0 Å². The van der Waals surface area contributed by atoms with Gasteiger partial charge in [0.2, 0.25) is 0 Å². The van der Waals surface area contributed by atoms with Crippen LogP contribution in [-0.2, 0) is 6.42 Å². The summed E-state index contributed by atoms with van der Waals surface area (Å²) in [5, 5.41) is 4.50. The van der Waals surface area contributed by atoms with Gasteiger partial charge in [0, 0.05) is 17.1 Å². The van der Waals surface area contributed by atoms with E-state index in [4.69, 9.17) is 11.6 Å². The highest BCUT2D eigenvalue weighted by atomic mass is 35.5. The number of halogens is 1. The number of nitrogens with one attached hydrogen (secondary N) is 1. The van der Waals surface area contributed by atoms with Crippen LogP contribution in [-0.4, -0.2) is 12.1 Å². The first kappa shape index (κ1) is 12.9. The van der Waals surface area contributed by atoms with Crippen LogP contribution in [0, 0.1) is 5.92 Å². The van der Waals surface area contributed by atoms with Gasteiger partial charge in [-0.15, -0.1) is 0 Å². The molecule has 0 bridgehead atoms. The second-order valence-corrected chi connectivity index (χ2v) is 5.91. The summed E-state index contributed by atoms with van der Waals surface area (Å²) in [6, 6.07) is 9.35. The van der Waals surface area contributed by atoms with Crippen LogP contribution in [0.15, 0.2) is 24.3 Å². The quantitative estimate of drug-likeness (QED) is 0.804. The molecule has 1 N–H and O–H groups in total. The SMILES string of the molecule is CC(Cc1ccc(Cl)cc1)NC(C)CC1CC1. The minimum absolute atomic E-state index is 0.532. The molecule has 1 aliphatic carbocycles. The molecule has 1 aliphatic rings. The average molecular weight is 252 g/mol. The van der Waals surface area contributed by atoms with Crippen LogP contribution >= 0.6 is 11.6 Å². The van der Waals surface area contributed by atoms with Gasteiger partial charge >= 0.3 is 0 Å². The molecule has 2 rings (SSSR count). The fourth-order valence-electron chi connectivity index (χ4n) is 2.44. The Bertz CT molecular complexity index is 342. The molecular formula is C15H22ClN. The minimum Gasteiger partial charge on any atom is -0.311 e. The van der Waals surface area contributed by atoms with Crippen LogP contribution in [0.1, 0.15) is 38.7 Å². The van der Waals surface area contributed by atoms with Crippen LogP contribution in [0.2, 0.25) is 5.02 Å². The van der Waals surface area contributed by atoms with Gasteiger partial charge in [0.25, 0.3) is 0 Å². The zero-order valence-electron chi connectivity index (χ0n) is 10.7. The summed E-state index contributed by atoms with van der Waals surface area (Å²) in [6.07, 6.45) is 5.30. The molecule has 2 unspecified atom stereocenters. The van der Waals surface area contributed by atoms with Gasteiger partial charge < -0.3 is 5.32 Å². The van der Waals surface area contributed by atoms with Crippen molar-refractivity contribution >= 4 is 11.6 Å². The highest BCUT2D eigenvalue weighted by Crippen LogP contribution is 2.33. The predicted molar refractivity (Wildman–Crippen MR) is 74.6 cm³/mol. The number of hydrogen-bond donors (Lipinski definition) is 1. The third-order valence-electron chi connectivity index (χ3n) is 3.41. The number of rotatable bonds is 6. The molecule has 2 heteroatoms. The van der Waals surface area contributed by atoms with Crippen molar-refractivity contribution in [1.82, 2.24) is 5.32 Å². The van der Waals surface area contributed by atoms with E-state index in [0.717, 1.165) is 17.4 Å². The van der Waals surface area contributed by atoms with Crippen molar-refractivity contribution in [3.8, 4) is 0 Å². The van der Waals surface area contributed by atoms with Gasteiger partial charge in [0.05, 0.1) is 0 Å². The van der Waals surface area contributed by atoms with Crippen LogP contribution in [0.3, 0.4) is 0 Å². The molecule has 94 valence electrons. The third kappa shape index (κ3) is 4.69. The standard InChI is InChI=1S/C15H22ClN/c1-11(9-13-3-4-13)17-12(2)10-14-5-7-15(16)8-6-14/h5-8,11-13,17H,3-4,9-10H2,1-2H3. The van der Waals surface area contributed by atoms with Crippen molar-refractivity contribution in [3.05, 3.63) is 34.9 Å². The maximum atomic E-state index is 5.88. The lowest BCUT2D eigenvalue weighted by atomic mass is 10.1. The Hall–Kier alpha value is -0.530. The fraction of sp³-hybridized carbons (Fsp3) is 0.600. The topological polar surface area (TPSA) is 12.0 Å². The van der Waals surface area contributed by atoms with Gasteiger partial charge in [-0.25, -0.2) is 0 Å². The highest BCUT2D eigenvalue weighted by Gasteiger charge is 2.23. The first-order chi connectivity index (χ1) is 8.13. The first-order valence-corrected chi connectivity index (χ1v) is 7.02. The van der Waals surface area contributed by atoms with Gasteiger partial charge in [-0.05, 0) is 50.3 Å². The van der Waals surface area contributed by atoms with Gasteiger partial charge in [-0.2, -0.15) is 0 Å². The Labute approximate surface area is 110 Å². The van der Waals surface area contributed by atoms with Crippen molar-refractivity contribution in [2.24, 2.45) is 5.92 Å². The molecule has 0 heterocycles. The molecule has 1 nitrogen and oxygen atoms in total. The Morgan fingerprint density at radius 1 is 1.18 bits per heavy atom. The smallest absolute Gasteiger partial charge is 0.0406 e. The Morgan fingerprint density at radius 2 is 1.82 bits per heavy atom. The highest BCUT2D eigenvalue weighted by molar-refractivity contribution is 6.30. The lowest BCUT2D eigenvalue weighted by molar-refractivity contribution is 0.428. The van der Waals surface area contributed by atoms with E-state index in [1.807, 2.05) is 12.1 Å². The van der Waals surface area contributed by atoms with Gasteiger partial charge in [0.1, 0.15) is 0 Å². The van der Waals surface area contributed by atoms with E-state index in [-0.39, 0.29) is 0 Å². The molecule has 2 atom stereocenters. The van der Waals surface area contributed by atoms with Crippen molar-refractivity contribution in [1.29, 1.82) is 0 Å². The molecule has 0 aliphatic heterocycles. The maximum Gasteiger partial charge on any atom is 0.0406 e.